The van der Waals surface area contributed by atoms with Crippen LogP contribution in [0, 0.1) is 5.41 Å². The van der Waals surface area contributed by atoms with Gasteiger partial charge in [-0.25, -0.2) is 0 Å². The number of hydrogen-bond donors (Lipinski definition) is 0. The average molecular weight is 249 g/mol. The summed E-state index contributed by atoms with van der Waals surface area (Å²) in [7, 11) is 0. The molecule has 0 aromatic rings. The fraction of sp³-hybridized carbons (Fsp3) is 0.933. The van der Waals surface area contributed by atoms with E-state index in [2.05, 4.69) is 27.7 Å². The van der Waals surface area contributed by atoms with Crippen molar-refractivity contribution in [3.63, 3.8) is 0 Å². The van der Waals surface area contributed by atoms with Crippen molar-refractivity contribution in [1.82, 2.24) is 0 Å². The zero-order chi connectivity index (χ0) is 12.4. The molecule has 17 heavy (non-hydrogen) atoms. The summed E-state index contributed by atoms with van der Waals surface area (Å²) in [5.41, 5.74) is 0.0213. The summed E-state index contributed by atoms with van der Waals surface area (Å²) >= 11 is 0. The Hall–Kier alpha value is 0.670. The Bertz CT molecular complexity index is 172. The van der Waals surface area contributed by atoms with Crippen molar-refractivity contribution in [3.8, 4) is 0 Å². The largest absolute Gasteiger partial charge is 0.299 e. The van der Waals surface area contributed by atoms with Crippen molar-refractivity contribution in [1.29, 1.82) is 0 Å². The van der Waals surface area contributed by atoms with Crippen molar-refractivity contribution < 1.29 is 4.79 Å². The van der Waals surface area contributed by atoms with Crippen LogP contribution in [0.15, 0.2) is 0 Å². The van der Waals surface area contributed by atoms with Gasteiger partial charge in [-0.1, -0.05) is 53.4 Å². The predicted molar refractivity (Wildman–Crippen MR) is 77.4 cm³/mol. The second kappa shape index (κ2) is 11.7. The van der Waals surface area contributed by atoms with E-state index in [-0.39, 0.29) is 35.0 Å². The maximum atomic E-state index is 12.4. The van der Waals surface area contributed by atoms with E-state index in [1.54, 1.807) is 0 Å². The van der Waals surface area contributed by atoms with Crippen LogP contribution >= 0.6 is 0 Å². The first-order chi connectivity index (χ1) is 7.66. The van der Waals surface area contributed by atoms with Crippen LogP contribution in [0.1, 0.15) is 85.5 Å². The van der Waals surface area contributed by atoms with E-state index in [9.17, 15) is 4.79 Å². The van der Waals surface area contributed by atoms with E-state index in [1.165, 1.54) is 0 Å². The van der Waals surface area contributed by atoms with Crippen LogP contribution in [0.4, 0.5) is 0 Å². The summed E-state index contributed by atoms with van der Waals surface area (Å²) in [6, 6.07) is 0. The van der Waals surface area contributed by atoms with Crippen LogP contribution in [0.5, 0.6) is 0 Å². The molecule has 0 bridgehead atoms. The van der Waals surface area contributed by atoms with E-state index in [0.717, 1.165) is 57.8 Å². The molecule has 0 heterocycles. The first-order valence-corrected chi connectivity index (χ1v) is 7.20. The van der Waals surface area contributed by atoms with Gasteiger partial charge in [0.05, 0.1) is 0 Å². The van der Waals surface area contributed by atoms with Crippen LogP contribution in [0.2, 0.25) is 0 Å². The number of carbonyl (C=O) groups excluding carboxylic acids is 1. The molecule has 0 aromatic carbocycles. The summed E-state index contributed by atoms with van der Waals surface area (Å²) < 4.78 is 0. The summed E-state index contributed by atoms with van der Waals surface area (Å²) in [6.45, 7) is 8.77. The molecule has 0 saturated carbocycles. The average Bonchev–Trinajstić information content (AvgIpc) is 2.26. The number of Topliss-reactive ketones (excluding diaryl/α,β-unsaturated/α-hetero) is 1. The Kier molecular flexibility index (Phi) is 13.8. The fourth-order valence-corrected chi connectivity index (χ4v) is 2.83. The van der Waals surface area contributed by atoms with E-state index in [0.29, 0.717) is 5.78 Å². The van der Waals surface area contributed by atoms with Gasteiger partial charge in [0.25, 0.3) is 0 Å². The first-order valence-electron chi connectivity index (χ1n) is 7.20. The number of ketones is 1. The quantitative estimate of drug-likeness (QED) is 0.510. The number of unbranched alkanes of at least 4 members (excludes halogenated alkanes) is 1. The molecule has 0 atom stereocenters. The second-order valence-corrected chi connectivity index (χ2v) is 5.06. The van der Waals surface area contributed by atoms with Gasteiger partial charge in [-0.05, 0) is 25.7 Å². The Labute approximate surface area is 130 Å². The van der Waals surface area contributed by atoms with E-state index in [4.69, 9.17) is 0 Å². The molecule has 0 fully saturated rings. The zero-order valence-electron chi connectivity index (χ0n) is 12.8. The monoisotopic (exact) mass is 249 g/mol. The summed E-state index contributed by atoms with van der Waals surface area (Å²) in [5, 5.41) is 0. The number of carbonyl (C=O) groups is 1. The van der Waals surface area contributed by atoms with Gasteiger partial charge < -0.3 is 0 Å². The normalized spacial score (nSPS) is 11.1. The fourth-order valence-electron chi connectivity index (χ4n) is 2.83. The molecule has 97 valence electrons. The van der Waals surface area contributed by atoms with Crippen molar-refractivity contribution >= 4 is 35.3 Å². The van der Waals surface area contributed by atoms with Crippen molar-refractivity contribution in [2.24, 2.45) is 5.41 Å². The maximum absolute atomic E-state index is 12.4. The van der Waals surface area contributed by atoms with Crippen LogP contribution in [0.3, 0.4) is 0 Å². The molecule has 0 aliphatic heterocycles. The van der Waals surface area contributed by atoms with Crippen LogP contribution < -0.4 is 0 Å². The Morgan fingerprint density at radius 3 is 1.53 bits per heavy atom. The SMILES string of the molecule is CCCCC(=O)C(CCC)(CCC)CCC.[Na]. The molecule has 0 spiro atoms. The molecule has 0 rings (SSSR count). The zero-order valence-corrected chi connectivity index (χ0v) is 14.8. The molecule has 0 N–H and O–H groups in total. The Balaban J connectivity index is 0. The van der Waals surface area contributed by atoms with Crippen molar-refractivity contribution in [3.05, 3.63) is 0 Å². The Morgan fingerprint density at radius 1 is 0.824 bits per heavy atom. The van der Waals surface area contributed by atoms with E-state index >= 15 is 0 Å². The van der Waals surface area contributed by atoms with Crippen molar-refractivity contribution in [2.75, 3.05) is 0 Å². The van der Waals surface area contributed by atoms with Gasteiger partial charge in [0.2, 0.25) is 0 Å². The predicted octanol–water partition coefficient (Wildman–Crippen LogP) is 4.75. The molecule has 0 aliphatic carbocycles. The minimum Gasteiger partial charge on any atom is -0.299 e. The summed E-state index contributed by atoms with van der Waals surface area (Å²) in [4.78, 5) is 12.4. The molecule has 0 unspecified atom stereocenters. The standard InChI is InChI=1S/C15H30O.Na/c1-5-9-10-14(16)15(11-6-2,12-7-3)13-8-4;/h5-13H2,1-4H3;. The molecule has 2 heteroatoms. The number of rotatable bonds is 10. The summed E-state index contributed by atoms with van der Waals surface area (Å²) in [5.74, 6) is 0.542. The van der Waals surface area contributed by atoms with Crippen molar-refractivity contribution in [2.45, 2.75) is 85.5 Å². The first kappa shape index (κ1) is 20.0. The van der Waals surface area contributed by atoms with Gasteiger partial charge in [-0.3, -0.25) is 4.79 Å². The Morgan fingerprint density at radius 2 is 1.24 bits per heavy atom. The smallest absolute Gasteiger partial charge is 0.139 e. The van der Waals surface area contributed by atoms with E-state index < -0.39 is 0 Å². The van der Waals surface area contributed by atoms with Crippen LogP contribution in [0.25, 0.3) is 0 Å². The van der Waals surface area contributed by atoms with Gasteiger partial charge >= 0.3 is 0 Å². The third kappa shape index (κ3) is 6.98. The van der Waals surface area contributed by atoms with E-state index in [1.807, 2.05) is 0 Å². The molecular formula is C15H30NaO. The number of hydrogen-bond acceptors (Lipinski definition) is 1. The molecule has 0 saturated heterocycles. The minimum atomic E-state index is 0. The topological polar surface area (TPSA) is 17.1 Å². The maximum Gasteiger partial charge on any atom is 0.139 e. The molecule has 1 nitrogen and oxygen atoms in total. The van der Waals surface area contributed by atoms with Crippen LogP contribution in [-0.2, 0) is 4.79 Å². The van der Waals surface area contributed by atoms with Gasteiger partial charge in [0, 0.05) is 41.4 Å². The van der Waals surface area contributed by atoms with Gasteiger partial charge in [-0.2, -0.15) is 0 Å². The minimum absolute atomic E-state index is 0. The third-order valence-corrected chi connectivity index (χ3v) is 3.53. The van der Waals surface area contributed by atoms with Gasteiger partial charge in [0.1, 0.15) is 5.78 Å². The molecule has 1 radical (unpaired) electrons. The van der Waals surface area contributed by atoms with Crippen LogP contribution in [-0.4, -0.2) is 35.3 Å². The van der Waals surface area contributed by atoms with Gasteiger partial charge in [0.15, 0.2) is 0 Å². The van der Waals surface area contributed by atoms with Gasteiger partial charge in [-0.15, -0.1) is 0 Å². The molecular weight excluding hydrogens is 219 g/mol. The second-order valence-electron chi connectivity index (χ2n) is 5.06. The molecule has 0 amide bonds. The third-order valence-electron chi connectivity index (χ3n) is 3.53. The summed E-state index contributed by atoms with van der Waals surface area (Å²) in [6.07, 6.45) is 9.69. The molecule has 0 aliphatic rings. The molecule has 0 aromatic heterocycles.